The van der Waals surface area contributed by atoms with Gasteiger partial charge in [0.05, 0.1) is 10.6 Å². The number of phenols is 2. The van der Waals surface area contributed by atoms with Gasteiger partial charge in [0.25, 0.3) is 5.91 Å². The smallest absolute Gasteiger partial charge is 0.262 e. The van der Waals surface area contributed by atoms with Crippen LogP contribution in [0.1, 0.15) is 27.9 Å². The van der Waals surface area contributed by atoms with Crippen LogP contribution in [0.25, 0.3) is 10.2 Å². The Balaban J connectivity index is 1.60. The summed E-state index contributed by atoms with van der Waals surface area (Å²) >= 11 is 1.32. The van der Waals surface area contributed by atoms with E-state index >= 15 is 0 Å². The van der Waals surface area contributed by atoms with Gasteiger partial charge in [-0.2, -0.15) is 5.10 Å². The summed E-state index contributed by atoms with van der Waals surface area (Å²) in [6, 6.07) is 5.35. The van der Waals surface area contributed by atoms with Gasteiger partial charge in [-0.25, -0.2) is 0 Å². The molecule has 0 aliphatic heterocycles. The van der Waals surface area contributed by atoms with Gasteiger partial charge in [-0.1, -0.05) is 6.07 Å². The molecule has 1 atom stereocenters. The number of amides is 2. The number of fused-ring (bicyclic) bond motifs is 1. The highest BCUT2D eigenvalue weighted by Crippen LogP contribution is 2.27. The molecule has 0 spiro atoms. The summed E-state index contributed by atoms with van der Waals surface area (Å²) in [6.45, 7) is 3.65. The van der Waals surface area contributed by atoms with Crippen LogP contribution in [0, 0.1) is 6.92 Å². The van der Waals surface area contributed by atoms with E-state index in [1.54, 1.807) is 23.7 Å². The molecule has 0 aliphatic carbocycles. The minimum absolute atomic E-state index is 0.167. The van der Waals surface area contributed by atoms with E-state index < -0.39 is 6.04 Å². The summed E-state index contributed by atoms with van der Waals surface area (Å²) in [5.74, 6) is -1.15. The first kappa shape index (κ1) is 18.7. The number of carbonyl (C=O) groups is 2. The van der Waals surface area contributed by atoms with Crippen molar-refractivity contribution in [3.05, 3.63) is 40.4 Å². The molecular formula is C18H20N4O4S. The van der Waals surface area contributed by atoms with Gasteiger partial charge in [0.15, 0.2) is 11.5 Å². The van der Waals surface area contributed by atoms with Gasteiger partial charge in [0.1, 0.15) is 10.9 Å². The standard InChI is InChI=1S/C18H20N4O4S/c1-9-12-7-15(27-18(12)22(3)21-9)17(26)20-10(2)16(25)19-8-11-4-5-13(23)14(24)6-11/h4-7,10,23-24H,8H2,1-3H3,(H,19,25)(H,20,26). The van der Waals surface area contributed by atoms with Gasteiger partial charge in [-0.3, -0.25) is 14.3 Å². The lowest BCUT2D eigenvalue weighted by molar-refractivity contribution is -0.122. The molecule has 1 aromatic carbocycles. The highest BCUT2D eigenvalue weighted by Gasteiger charge is 2.20. The average Bonchev–Trinajstić information content (AvgIpc) is 3.17. The van der Waals surface area contributed by atoms with Gasteiger partial charge in [-0.05, 0) is 37.6 Å². The topological polar surface area (TPSA) is 116 Å². The predicted octanol–water partition coefficient (Wildman–Crippen LogP) is 1.79. The Hall–Kier alpha value is -3.07. The normalized spacial score (nSPS) is 12.1. The van der Waals surface area contributed by atoms with Crippen molar-refractivity contribution in [1.29, 1.82) is 0 Å². The number of thiophene rings is 1. The zero-order valence-corrected chi connectivity index (χ0v) is 15.9. The van der Waals surface area contributed by atoms with E-state index in [0.29, 0.717) is 10.4 Å². The minimum Gasteiger partial charge on any atom is -0.504 e. The van der Waals surface area contributed by atoms with E-state index in [9.17, 15) is 19.8 Å². The van der Waals surface area contributed by atoms with Crippen LogP contribution >= 0.6 is 11.3 Å². The largest absolute Gasteiger partial charge is 0.504 e. The molecule has 9 heteroatoms. The molecular weight excluding hydrogens is 368 g/mol. The van der Waals surface area contributed by atoms with Crippen molar-refractivity contribution < 1.29 is 19.8 Å². The monoisotopic (exact) mass is 388 g/mol. The molecule has 2 amide bonds. The van der Waals surface area contributed by atoms with E-state index in [-0.39, 0.29) is 29.9 Å². The molecule has 27 heavy (non-hydrogen) atoms. The van der Waals surface area contributed by atoms with Crippen LogP contribution in [-0.4, -0.2) is 37.8 Å². The molecule has 0 saturated heterocycles. The maximum absolute atomic E-state index is 12.4. The van der Waals surface area contributed by atoms with Crippen molar-refractivity contribution in [3.8, 4) is 11.5 Å². The number of aromatic nitrogens is 2. The van der Waals surface area contributed by atoms with E-state index in [0.717, 1.165) is 15.9 Å². The molecule has 2 aromatic heterocycles. The summed E-state index contributed by atoms with van der Waals surface area (Å²) in [6.07, 6.45) is 0. The molecule has 0 bridgehead atoms. The molecule has 0 saturated carbocycles. The molecule has 8 nitrogen and oxygen atoms in total. The van der Waals surface area contributed by atoms with E-state index in [2.05, 4.69) is 15.7 Å². The molecule has 2 heterocycles. The molecule has 3 rings (SSSR count). The number of benzene rings is 1. The van der Waals surface area contributed by atoms with Crippen LogP contribution in [-0.2, 0) is 18.4 Å². The molecule has 3 aromatic rings. The Morgan fingerprint density at radius 1 is 1.26 bits per heavy atom. The van der Waals surface area contributed by atoms with Crippen LogP contribution in [0.2, 0.25) is 0 Å². The van der Waals surface area contributed by atoms with Crippen molar-refractivity contribution in [1.82, 2.24) is 20.4 Å². The number of hydrogen-bond acceptors (Lipinski definition) is 6. The lowest BCUT2D eigenvalue weighted by Gasteiger charge is -2.14. The van der Waals surface area contributed by atoms with Crippen LogP contribution in [0.15, 0.2) is 24.3 Å². The number of nitrogens with one attached hydrogen (secondary N) is 2. The fourth-order valence-electron chi connectivity index (χ4n) is 2.67. The lowest BCUT2D eigenvalue weighted by atomic mass is 10.2. The second kappa shape index (κ2) is 7.28. The van der Waals surface area contributed by atoms with Gasteiger partial charge in [0, 0.05) is 19.0 Å². The fraction of sp³-hybridized carbons (Fsp3) is 0.278. The summed E-state index contributed by atoms with van der Waals surface area (Å²) in [5, 5.41) is 29.4. The first-order valence-electron chi connectivity index (χ1n) is 8.29. The number of hydrogen-bond donors (Lipinski definition) is 4. The van der Waals surface area contributed by atoms with Crippen molar-refractivity contribution in [2.24, 2.45) is 7.05 Å². The number of aryl methyl sites for hydroxylation is 2. The van der Waals surface area contributed by atoms with Crippen LogP contribution in [0.4, 0.5) is 0 Å². The molecule has 0 radical (unpaired) electrons. The minimum atomic E-state index is -0.729. The number of rotatable bonds is 5. The number of nitrogens with zero attached hydrogens (tertiary/aromatic N) is 2. The van der Waals surface area contributed by atoms with E-state index in [1.165, 1.54) is 23.5 Å². The van der Waals surface area contributed by atoms with Crippen LogP contribution in [0.5, 0.6) is 11.5 Å². The Bertz CT molecular complexity index is 989. The number of carbonyl (C=O) groups excluding carboxylic acids is 2. The number of phenolic OH excluding ortho intramolecular Hbond substituents is 2. The fourth-order valence-corrected chi connectivity index (χ4v) is 3.70. The second-order valence-corrected chi connectivity index (χ2v) is 7.31. The van der Waals surface area contributed by atoms with Crippen molar-refractivity contribution >= 4 is 33.4 Å². The Labute approximate surface area is 159 Å². The highest BCUT2D eigenvalue weighted by molar-refractivity contribution is 7.20. The van der Waals surface area contributed by atoms with Crippen molar-refractivity contribution in [3.63, 3.8) is 0 Å². The molecule has 0 fully saturated rings. The lowest BCUT2D eigenvalue weighted by Crippen LogP contribution is -2.44. The van der Waals surface area contributed by atoms with Gasteiger partial charge >= 0.3 is 0 Å². The Kier molecular flexibility index (Phi) is 5.04. The van der Waals surface area contributed by atoms with Gasteiger partial charge < -0.3 is 20.8 Å². The predicted molar refractivity (Wildman–Crippen MR) is 102 cm³/mol. The summed E-state index contributed by atoms with van der Waals surface area (Å²) < 4.78 is 1.73. The highest BCUT2D eigenvalue weighted by atomic mass is 32.1. The van der Waals surface area contributed by atoms with Gasteiger partial charge in [0.2, 0.25) is 5.91 Å². The first-order valence-corrected chi connectivity index (χ1v) is 9.10. The van der Waals surface area contributed by atoms with Crippen LogP contribution in [0.3, 0.4) is 0 Å². The molecule has 142 valence electrons. The first-order chi connectivity index (χ1) is 12.8. The zero-order valence-electron chi connectivity index (χ0n) is 15.1. The summed E-state index contributed by atoms with van der Waals surface area (Å²) in [7, 11) is 1.82. The third-order valence-electron chi connectivity index (χ3n) is 4.17. The van der Waals surface area contributed by atoms with Crippen molar-refractivity contribution in [2.45, 2.75) is 26.4 Å². The van der Waals surface area contributed by atoms with Crippen LogP contribution < -0.4 is 10.6 Å². The summed E-state index contributed by atoms with van der Waals surface area (Å²) in [4.78, 5) is 26.1. The second-order valence-electron chi connectivity index (χ2n) is 6.27. The van der Waals surface area contributed by atoms with E-state index in [1.807, 2.05) is 14.0 Å². The average molecular weight is 388 g/mol. The summed E-state index contributed by atoms with van der Waals surface area (Å²) in [5.41, 5.74) is 1.48. The maximum atomic E-state index is 12.4. The quantitative estimate of drug-likeness (QED) is 0.497. The zero-order chi connectivity index (χ0) is 19.7. The molecule has 0 aliphatic rings. The third kappa shape index (κ3) is 3.87. The number of aromatic hydroxyl groups is 2. The van der Waals surface area contributed by atoms with Crippen molar-refractivity contribution in [2.75, 3.05) is 0 Å². The third-order valence-corrected chi connectivity index (χ3v) is 5.37. The van der Waals surface area contributed by atoms with E-state index in [4.69, 9.17) is 0 Å². The SMILES string of the molecule is Cc1nn(C)c2sc(C(=O)NC(C)C(=O)NCc3ccc(O)c(O)c3)cc12. The Morgan fingerprint density at radius 2 is 2.00 bits per heavy atom. The maximum Gasteiger partial charge on any atom is 0.262 e. The molecule has 1 unspecified atom stereocenters. The Morgan fingerprint density at radius 3 is 2.67 bits per heavy atom. The van der Waals surface area contributed by atoms with Gasteiger partial charge in [-0.15, -0.1) is 11.3 Å². The molecule has 4 N–H and O–H groups in total.